The average Bonchev–Trinajstić information content (AvgIpc) is 2.94. The second-order valence-corrected chi connectivity index (χ2v) is 6.34. The Morgan fingerprint density at radius 1 is 1.24 bits per heavy atom. The molecule has 0 spiro atoms. The van der Waals surface area contributed by atoms with Crippen molar-refractivity contribution in [1.29, 1.82) is 0 Å². The molecule has 0 aliphatic heterocycles. The standard InChI is InChI=1S/C16H22N4O/c1-12(16(2,3)4)19(5)15(21)14-11-20(18-17-14)13-9-7-6-8-10-13/h6-12H,1-5H3/t12-/m0/s1. The minimum absolute atomic E-state index is 0.0137. The van der Waals surface area contributed by atoms with Crippen LogP contribution in [0.5, 0.6) is 0 Å². The molecule has 0 saturated carbocycles. The topological polar surface area (TPSA) is 51.0 Å². The summed E-state index contributed by atoms with van der Waals surface area (Å²) in [6.07, 6.45) is 1.67. The lowest BCUT2D eigenvalue weighted by atomic mass is 9.87. The summed E-state index contributed by atoms with van der Waals surface area (Å²) in [5, 5.41) is 8.03. The van der Waals surface area contributed by atoms with Crippen molar-refractivity contribution in [3.63, 3.8) is 0 Å². The molecule has 1 aromatic heterocycles. The molecule has 0 radical (unpaired) electrons. The Morgan fingerprint density at radius 3 is 2.43 bits per heavy atom. The van der Waals surface area contributed by atoms with E-state index in [0.717, 1.165) is 5.69 Å². The number of benzene rings is 1. The molecule has 0 bridgehead atoms. The van der Waals surface area contributed by atoms with E-state index in [-0.39, 0.29) is 17.4 Å². The molecule has 5 nitrogen and oxygen atoms in total. The first-order valence-electron chi connectivity index (χ1n) is 7.05. The van der Waals surface area contributed by atoms with E-state index in [2.05, 4.69) is 31.1 Å². The molecule has 5 heteroatoms. The van der Waals surface area contributed by atoms with Gasteiger partial charge in [-0.2, -0.15) is 0 Å². The third-order valence-electron chi connectivity index (χ3n) is 3.89. The van der Waals surface area contributed by atoms with Gasteiger partial charge in [-0.05, 0) is 24.5 Å². The average molecular weight is 286 g/mol. The first kappa shape index (κ1) is 15.2. The molecule has 1 atom stereocenters. The van der Waals surface area contributed by atoms with Gasteiger partial charge in [-0.25, -0.2) is 4.68 Å². The van der Waals surface area contributed by atoms with Gasteiger partial charge in [0.1, 0.15) is 0 Å². The summed E-state index contributed by atoms with van der Waals surface area (Å²) in [7, 11) is 1.81. The van der Waals surface area contributed by atoms with E-state index >= 15 is 0 Å². The van der Waals surface area contributed by atoms with E-state index in [1.807, 2.05) is 37.3 Å². The molecule has 0 fully saturated rings. The normalized spacial score (nSPS) is 13.0. The number of aromatic nitrogens is 3. The van der Waals surface area contributed by atoms with E-state index in [1.54, 1.807) is 22.8 Å². The molecule has 0 aliphatic rings. The fraction of sp³-hybridized carbons (Fsp3) is 0.438. The van der Waals surface area contributed by atoms with Gasteiger partial charge in [-0.15, -0.1) is 5.10 Å². The number of carbonyl (C=O) groups excluding carboxylic acids is 1. The molecule has 0 aliphatic carbocycles. The van der Waals surface area contributed by atoms with Crippen LogP contribution in [0.25, 0.3) is 5.69 Å². The molecule has 21 heavy (non-hydrogen) atoms. The summed E-state index contributed by atoms with van der Waals surface area (Å²) < 4.78 is 1.61. The minimum atomic E-state index is -0.111. The molecule has 2 aromatic rings. The van der Waals surface area contributed by atoms with Crippen LogP contribution in [0.1, 0.15) is 38.2 Å². The Bertz CT molecular complexity index is 613. The lowest BCUT2D eigenvalue weighted by Gasteiger charge is -2.34. The van der Waals surface area contributed by atoms with Gasteiger partial charge in [0.2, 0.25) is 0 Å². The van der Waals surface area contributed by atoms with Crippen molar-refractivity contribution >= 4 is 5.91 Å². The maximum atomic E-state index is 12.5. The van der Waals surface area contributed by atoms with Crippen LogP contribution in [0.2, 0.25) is 0 Å². The van der Waals surface area contributed by atoms with Crippen LogP contribution in [-0.4, -0.2) is 38.9 Å². The Kier molecular flexibility index (Phi) is 4.11. The Morgan fingerprint density at radius 2 is 1.86 bits per heavy atom. The highest BCUT2D eigenvalue weighted by atomic mass is 16.2. The van der Waals surface area contributed by atoms with Crippen LogP contribution in [-0.2, 0) is 0 Å². The lowest BCUT2D eigenvalue weighted by molar-refractivity contribution is 0.0623. The quantitative estimate of drug-likeness (QED) is 0.871. The summed E-state index contributed by atoms with van der Waals surface area (Å²) in [5.74, 6) is -0.111. The number of amides is 1. The van der Waals surface area contributed by atoms with Gasteiger partial charge in [0, 0.05) is 13.1 Å². The molecule has 0 saturated heterocycles. The second-order valence-electron chi connectivity index (χ2n) is 6.34. The Labute approximate surface area is 125 Å². The SMILES string of the molecule is C[C@H](N(C)C(=O)c1cn(-c2ccccc2)nn1)C(C)(C)C. The highest BCUT2D eigenvalue weighted by Gasteiger charge is 2.28. The van der Waals surface area contributed by atoms with Crippen molar-refractivity contribution in [2.24, 2.45) is 5.41 Å². The third-order valence-corrected chi connectivity index (χ3v) is 3.89. The fourth-order valence-corrected chi connectivity index (χ4v) is 2.01. The van der Waals surface area contributed by atoms with Gasteiger partial charge in [0.15, 0.2) is 5.69 Å². The number of carbonyl (C=O) groups is 1. The first-order valence-corrected chi connectivity index (χ1v) is 7.05. The van der Waals surface area contributed by atoms with Gasteiger partial charge in [-0.1, -0.05) is 44.2 Å². The van der Waals surface area contributed by atoms with Crippen molar-refractivity contribution in [1.82, 2.24) is 19.9 Å². The summed E-state index contributed by atoms with van der Waals surface area (Å²) in [4.78, 5) is 14.2. The van der Waals surface area contributed by atoms with Crippen LogP contribution < -0.4 is 0 Å². The van der Waals surface area contributed by atoms with E-state index in [0.29, 0.717) is 5.69 Å². The highest BCUT2D eigenvalue weighted by Crippen LogP contribution is 2.23. The van der Waals surface area contributed by atoms with Crippen LogP contribution >= 0.6 is 0 Å². The minimum Gasteiger partial charge on any atom is -0.337 e. The van der Waals surface area contributed by atoms with Gasteiger partial charge in [0.05, 0.1) is 11.9 Å². The summed E-state index contributed by atoms with van der Waals surface area (Å²) in [6.45, 7) is 8.38. The van der Waals surface area contributed by atoms with E-state index in [1.165, 1.54) is 0 Å². The molecule has 0 unspecified atom stereocenters. The van der Waals surface area contributed by atoms with Crippen LogP contribution in [0.4, 0.5) is 0 Å². The summed E-state index contributed by atoms with van der Waals surface area (Å²) in [5.41, 5.74) is 1.26. The molecule has 0 N–H and O–H groups in total. The maximum absolute atomic E-state index is 12.5. The van der Waals surface area contributed by atoms with E-state index in [9.17, 15) is 4.79 Å². The lowest BCUT2D eigenvalue weighted by Crippen LogP contribution is -2.43. The van der Waals surface area contributed by atoms with Crippen molar-refractivity contribution in [3.05, 3.63) is 42.2 Å². The van der Waals surface area contributed by atoms with Crippen LogP contribution in [0.3, 0.4) is 0 Å². The zero-order valence-corrected chi connectivity index (χ0v) is 13.2. The predicted molar refractivity (Wildman–Crippen MR) is 82.4 cm³/mol. The maximum Gasteiger partial charge on any atom is 0.276 e. The van der Waals surface area contributed by atoms with E-state index < -0.39 is 0 Å². The molecular weight excluding hydrogens is 264 g/mol. The van der Waals surface area contributed by atoms with Gasteiger partial charge >= 0.3 is 0 Å². The highest BCUT2D eigenvalue weighted by molar-refractivity contribution is 5.92. The molecular formula is C16H22N4O. The molecule has 1 heterocycles. The van der Waals surface area contributed by atoms with Crippen molar-refractivity contribution in [2.75, 3.05) is 7.05 Å². The number of hydrogen-bond acceptors (Lipinski definition) is 3. The molecule has 1 aromatic carbocycles. The molecule has 2 rings (SSSR count). The Hall–Kier alpha value is -2.17. The Balaban J connectivity index is 2.20. The van der Waals surface area contributed by atoms with Gasteiger partial charge < -0.3 is 4.90 Å². The zero-order chi connectivity index (χ0) is 15.6. The monoisotopic (exact) mass is 286 g/mol. The van der Waals surface area contributed by atoms with Gasteiger partial charge in [0.25, 0.3) is 5.91 Å². The van der Waals surface area contributed by atoms with Crippen LogP contribution in [0.15, 0.2) is 36.5 Å². The largest absolute Gasteiger partial charge is 0.337 e. The number of hydrogen-bond donors (Lipinski definition) is 0. The number of para-hydroxylation sites is 1. The van der Waals surface area contributed by atoms with Crippen molar-refractivity contribution in [2.45, 2.75) is 33.7 Å². The first-order chi connectivity index (χ1) is 9.80. The van der Waals surface area contributed by atoms with Crippen molar-refractivity contribution in [3.8, 4) is 5.69 Å². The van der Waals surface area contributed by atoms with E-state index in [4.69, 9.17) is 0 Å². The molecule has 1 amide bonds. The number of nitrogens with zero attached hydrogens (tertiary/aromatic N) is 4. The second kappa shape index (κ2) is 5.68. The summed E-state index contributed by atoms with van der Waals surface area (Å²) >= 11 is 0. The zero-order valence-electron chi connectivity index (χ0n) is 13.2. The van der Waals surface area contributed by atoms with Crippen LogP contribution in [0, 0.1) is 5.41 Å². The fourth-order valence-electron chi connectivity index (χ4n) is 2.01. The summed E-state index contributed by atoms with van der Waals surface area (Å²) in [6, 6.07) is 9.73. The third kappa shape index (κ3) is 3.29. The number of rotatable bonds is 3. The predicted octanol–water partition coefficient (Wildman–Crippen LogP) is 2.77. The van der Waals surface area contributed by atoms with Gasteiger partial charge in [-0.3, -0.25) is 4.79 Å². The molecule has 112 valence electrons. The van der Waals surface area contributed by atoms with Crippen molar-refractivity contribution < 1.29 is 4.79 Å². The smallest absolute Gasteiger partial charge is 0.276 e.